The molecule has 1 aromatic carbocycles. The molecule has 1 rings (SSSR count). The summed E-state index contributed by atoms with van der Waals surface area (Å²) < 4.78 is 26.2. The summed E-state index contributed by atoms with van der Waals surface area (Å²) in [5.41, 5.74) is 9.76. The van der Waals surface area contributed by atoms with E-state index in [1.807, 2.05) is 6.92 Å². The molecule has 0 radical (unpaired) electrons. The first-order chi connectivity index (χ1) is 8.22. The predicted molar refractivity (Wildman–Crippen MR) is 68.1 cm³/mol. The average molecular weight is 274 g/mol. The third-order valence-electron chi connectivity index (χ3n) is 2.50. The van der Waals surface area contributed by atoms with E-state index in [4.69, 9.17) is 11.5 Å². The van der Waals surface area contributed by atoms with Crippen LogP contribution in [0.25, 0.3) is 0 Å². The SMILES string of the molecule is CC(CC(C)(N)C(N)=O)Sc1ccc(F)cc1F. The maximum absolute atomic E-state index is 13.4. The zero-order valence-corrected chi connectivity index (χ0v) is 11.1. The van der Waals surface area contributed by atoms with Gasteiger partial charge >= 0.3 is 0 Å². The Morgan fingerprint density at radius 2 is 2.11 bits per heavy atom. The number of hydrogen-bond acceptors (Lipinski definition) is 3. The molecular weight excluding hydrogens is 258 g/mol. The van der Waals surface area contributed by atoms with E-state index in [1.165, 1.54) is 30.8 Å². The number of carbonyl (C=O) groups excluding carboxylic acids is 1. The molecule has 2 atom stereocenters. The Morgan fingerprint density at radius 1 is 1.50 bits per heavy atom. The summed E-state index contributed by atoms with van der Waals surface area (Å²) in [6.07, 6.45) is 0.309. The van der Waals surface area contributed by atoms with Crippen molar-refractivity contribution >= 4 is 17.7 Å². The Balaban J connectivity index is 2.70. The summed E-state index contributed by atoms with van der Waals surface area (Å²) in [5.74, 6) is -1.84. The van der Waals surface area contributed by atoms with Crippen LogP contribution in [0.4, 0.5) is 8.78 Å². The lowest BCUT2D eigenvalue weighted by Gasteiger charge is -2.24. The van der Waals surface area contributed by atoms with Crippen molar-refractivity contribution in [3.63, 3.8) is 0 Å². The number of nitrogens with two attached hydrogens (primary N) is 2. The van der Waals surface area contributed by atoms with E-state index in [-0.39, 0.29) is 5.25 Å². The third-order valence-corrected chi connectivity index (χ3v) is 3.65. The summed E-state index contributed by atoms with van der Waals surface area (Å²) in [5, 5.41) is -0.118. The van der Waals surface area contributed by atoms with Crippen molar-refractivity contribution in [1.82, 2.24) is 0 Å². The standard InChI is InChI=1S/C12H16F2N2OS/c1-7(6-12(2,16)11(15)17)18-10-4-3-8(13)5-9(10)14/h3-5,7H,6,16H2,1-2H3,(H2,15,17). The van der Waals surface area contributed by atoms with Gasteiger partial charge in [-0.1, -0.05) is 6.92 Å². The number of thioether (sulfide) groups is 1. The maximum Gasteiger partial charge on any atom is 0.237 e. The van der Waals surface area contributed by atoms with Gasteiger partial charge in [-0.05, 0) is 25.5 Å². The van der Waals surface area contributed by atoms with Crippen LogP contribution in [0.15, 0.2) is 23.1 Å². The molecule has 4 N–H and O–H groups in total. The zero-order chi connectivity index (χ0) is 13.9. The Bertz CT molecular complexity index is 452. The normalized spacial score (nSPS) is 16.1. The molecule has 3 nitrogen and oxygen atoms in total. The highest BCUT2D eigenvalue weighted by Crippen LogP contribution is 2.30. The largest absolute Gasteiger partial charge is 0.368 e. The quantitative estimate of drug-likeness (QED) is 0.807. The summed E-state index contributed by atoms with van der Waals surface area (Å²) in [6, 6.07) is 3.38. The van der Waals surface area contributed by atoms with Gasteiger partial charge in [0.2, 0.25) is 5.91 Å². The van der Waals surface area contributed by atoms with E-state index in [9.17, 15) is 13.6 Å². The van der Waals surface area contributed by atoms with Gasteiger partial charge in [0.1, 0.15) is 11.6 Å². The van der Waals surface area contributed by atoms with Crippen molar-refractivity contribution in [2.75, 3.05) is 0 Å². The van der Waals surface area contributed by atoms with Gasteiger partial charge in [0.15, 0.2) is 0 Å². The molecule has 0 aliphatic carbocycles. The van der Waals surface area contributed by atoms with Gasteiger partial charge in [-0.3, -0.25) is 4.79 Å². The second kappa shape index (κ2) is 5.67. The molecule has 1 amide bonds. The van der Waals surface area contributed by atoms with Crippen LogP contribution in [0.3, 0.4) is 0 Å². The zero-order valence-electron chi connectivity index (χ0n) is 10.2. The van der Waals surface area contributed by atoms with Crippen LogP contribution in [-0.2, 0) is 4.79 Å². The van der Waals surface area contributed by atoms with Crippen molar-refractivity contribution in [1.29, 1.82) is 0 Å². The molecule has 18 heavy (non-hydrogen) atoms. The van der Waals surface area contributed by atoms with Crippen molar-refractivity contribution in [2.45, 2.75) is 36.0 Å². The molecule has 0 fully saturated rings. The van der Waals surface area contributed by atoms with Gasteiger partial charge in [-0.25, -0.2) is 8.78 Å². The minimum atomic E-state index is -1.14. The molecule has 0 saturated carbocycles. The Labute approximate surface area is 109 Å². The molecule has 0 aromatic heterocycles. The topological polar surface area (TPSA) is 69.1 Å². The molecule has 0 aliphatic rings. The lowest BCUT2D eigenvalue weighted by atomic mass is 9.97. The highest BCUT2D eigenvalue weighted by molar-refractivity contribution is 8.00. The number of halogens is 2. The van der Waals surface area contributed by atoms with Crippen LogP contribution in [0.2, 0.25) is 0 Å². The molecule has 6 heteroatoms. The number of primary amides is 1. The third kappa shape index (κ3) is 3.96. The number of rotatable bonds is 5. The second-order valence-corrected chi connectivity index (χ2v) is 5.97. The molecule has 1 aromatic rings. The predicted octanol–water partition coefficient (Wildman–Crippen LogP) is 2.04. The van der Waals surface area contributed by atoms with Crippen LogP contribution < -0.4 is 11.5 Å². The number of benzene rings is 1. The van der Waals surface area contributed by atoms with Gasteiger partial charge in [0.25, 0.3) is 0 Å². The Kier molecular flexibility index (Phi) is 4.70. The lowest BCUT2D eigenvalue weighted by molar-refractivity contribution is -0.122. The summed E-state index contributed by atoms with van der Waals surface area (Å²) >= 11 is 1.19. The van der Waals surface area contributed by atoms with Crippen molar-refractivity contribution in [3.05, 3.63) is 29.8 Å². The van der Waals surface area contributed by atoms with Crippen molar-refractivity contribution in [3.8, 4) is 0 Å². The fourth-order valence-corrected chi connectivity index (χ4v) is 2.71. The molecule has 0 aliphatic heterocycles. The first-order valence-electron chi connectivity index (χ1n) is 5.43. The smallest absolute Gasteiger partial charge is 0.237 e. The second-order valence-electron chi connectivity index (χ2n) is 4.49. The lowest BCUT2D eigenvalue weighted by Crippen LogP contribution is -2.50. The monoisotopic (exact) mass is 274 g/mol. The number of amides is 1. The van der Waals surface area contributed by atoms with Gasteiger partial charge < -0.3 is 11.5 Å². The number of carbonyl (C=O) groups is 1. The molecule has 0 bridgehead atoms. The van der Waals surface area contributed by atoms with Gasteiger partial charge in [-0.15, -0.1) is 11.8 Å². The molecular formula is C12H16F2N2OS. The average Bonchev–Trinajstić information content (AvgIpc) is 2.21. The van der Waals surface area contributed by atoms with E-state index in [2.05, 4.69) is 0 Å². The van der Waals surface area contributed by atoms with Crippen LogP contribution in [0, 0.1) is 11.6 Å². The molecule has 0 heterocycles. The first-order valence-corrected chi connectivity index (χ1v) is 6.31. The molecule has 100 valence electrons. The Hall–Kier alpha value is -1.14. The van der Waals surface area contributed by atoms with Gasteiger partial charge in [0.05, 0.1) is 5.54 Å². The van der Waals surface area contributed by atoms with Crippen LogP contribution >= 0.6 is 11.8 Å². The van der Waals surface area contributed by atoms with Gasteiger partial charge in [-0.2, -0.15) is 0 Å². The Morgan fingerprint density at radius 3 is 2.61 bits per heavy atom. The van der Waals surface area contributed by atoms with Crippen LogP contribution in [0.1, 0.15) is 20.3 Å². The fraction of sp³-hybridized carbons (Fsp3) is 0.417. The summed E-state index contributed by atoms with van der Waals surface area (Å²) in [7, 11) is 0. The van der Waals surface area contributed by atoms with Gasteiger partial charge in [0, 0.05) is 16.2 Å². The minimum absolute atomic E-state index is 0.118. The van der Waals surface area contributed by atoms with E-state index in [0.717, 1.165) is 6.07 Å². The van der Waals surface area contributed by atoms with E-state index >= 15 is 0 Å². The first kappa shape index (κ1) is 14.9. The number of hydrogen-bond donors (Lipinski definition) is 2. The maximum atomic E-state index is 13.4. The summed E-state index contributed by atoms with van der Waals surface area (Å²) in [4.78, 5) is 11.4. The molecule has 2 unspecified atom stereocenters. The highest BCUT2D eigenvalue weighted by atomic mass is 32.2. The fourth-order valence-electron chi connectivity index (χ4n) is 1.53. The van der Waals surface area contributed by atoms with E-state index in [0.29, 0.717) is 11.3 Å². The molecule has 0 spiro atoms. The van der Waals surface area contributed by atoms with Crippen molar-refractivity contribution in [2.24, 2.45) is 11.5 Å². The minimum Gasteiger partial charge on any atom is -0.368 e. The van der Waals surface area contributed by atoms with Crippen LogP contribution in [0.5, 0.6) is 0 Å². The molecule has 0 saturated heterocycles. The van der Waals surface area contributed by atoms with Crippen LogP contribution in [-0.4, -0.2) is 16.7 Å². The van der Waals surface area contributed by atoms with E-state index < -0.39 is 23.1 Å². The summed E-state index contributed by atoms with van der Waals surface area (Å²) in [6.45, 7) is 3.34. The van der Waals surface area contributed by atoms with E-state index in [1.54, 1.807) is 0 Å². The highest BCUT2D eigenvalue weighted by Gasteiger charge is 2.28. The van der Waals surface area contributed by atoms with Crippen molar-refractivity contribution < 1.29 is 13.6 Å².